The lowest BCUT2D eigenvalue weighted by Crippen LogP contribution is -2.68. The van der Waals surface area contributed by atoms with Crippen molar-refractivity contribution in [1.29, 1.82) is 0 Å². The minimum atomic E-state index is -2.84. The minimum Gasteiger partial charge on any atom is -0.462 e. The topological polar surface area (TPSA) is 191 Å². The van der Waals surface area contributed by atoms with E-state index in [2.05, 4.69) is 166 Å². The van der Waals surface area contributed by atoms with E-state index in [9.17, 15) is 19.5 Å². The third kappa shape index (κ3) is 24.0. The van der Waals surface area contributed by atoms with Gasteiger partial charge in [-0.25, -0.2) is 0 Å². The number of allylic oxidation sites excluding steroid dienone is 3. The second kappa shape index (κ2) is 36.9. The highest BCUT2D eigenvalue weighted by Gasteiger charge is 2.61. The van der Waals surface area contributed by atoms with Crippen LogP contribution in [0.3, 0.4) is 0 Å². The van der Waals surface area contributed by atoms with Crippen molar-refractivity contribution < 1.29 is 79.8 Å². The molecule has 23 heteroatoms. The van der Waals surface area contributed by atoms with Crippen LogP contribution in [-0.4, -0.2) is 170 Å². The van der Waals surface area contributed by atoms with Gasteiger partial charge in [-0.05, 0) is 131 Å². The number of aliphatic hydroxyl groups is 1. The summed E-state index contributed by atoms with van der Waals surface area (Å²) in [7, 11) is -4.79. The first-order chi connectivity index (χ1) is 41.1. The van der Waals surface area contributed by atoms with E-state index >= 15 is 0 Å². The zero-order chi connectivity index (χ0) is 68.4. The molecular weight excluding hydrogens is 1340 g/mol. The molecule has 0 unspecified atom stereocenters. The summed E-state index contributed by atoms with van der Waals surface area (Å²) >= 11 is 7.23. The van der Waals surface area contributed by atoms with E-state index in [1.165, 1.54) is 27.9 Å². The van der Waals surface area contributed by atoms with Gasteiger partial charge < -0.3 is 65.4 Å². The summed E-state index contributed by atoms with van der Waals surface area (Å²) in [6.45, 7) is 48.7. The molecule has 0 aromatic rings. The molecule has 2 aliphatic rings. The molecule has 0 spiro atoms. The largest absolute Gasteiger partial charge is 0.462 e. The number of esters is 3. The van der Waals surface area contributed by atoms with E-state index in [-0.39, 0.29) is 47.7 Å². The Morgan fingerprint density at radius 3 is 1.66 bits per heavy atom. The number of carbonyl (C=O) groups excluding carboxylic acids is 3. The van der Waals surface area contributed by atoms with Gasteiger partial charge in [0.25, 0.3) is 0 Å². The van der Waals surface area contributed by atoms with Crippen molar-refractivity contribution in [3.8, 4) is 0 Å². The Balaban J connectivity index is 2.82. The summed E-state index contributed by atoms with van der Waals surface area (Å²) in [5.74, 6) is -5.59. The number of hydrogen-bond donors (Lipinski definition) is 1. The van der Waals surface area contributed by atoms with Crippen LogP contribution in [0, 0.1) is 17.8 Å². The first-order valence-electron chi connectivity index (χ1n) is 33.0. The number of halogens is 2. The smallest absolute Gasteiger partial charge is 0.303 e. The second-order valence-electron chi connectivity index (χ2n) is 28.3. The third-order valence-corrected chi connectivity index (χ3v) is 38.9. The van der Waals surface area contributed by atoms with Gasteiger partial charge in [0.1, 0.15) is 30.5 Å². The normalized spacial score (nSPS) is 26.9. The molecule has 0 amide bonds. The summed E-state index contributed by atoms with van der Waals surface area (Å²) < 4.78 is 87.8. The summed E-state index contributed by atoms with van der Waals surface area (Å²) in [6.07, 6.45) is -0.0399. The average molecular weight is 1460 g/mol. The molecule has 89 heavy (non-hydrogen) atoms. The van der Waals surface area contributed by atoms with Gasteiger partial charge in [-0.3, -0.25) is 14.4 Å². The Morgan fingerprint density at radius 2 is 1.21 bits per heavy atom. The number of ether oxygens (including phenoxy) is 9. The molecule has 0 aromatic carbocycles. The van der Waals surface area contributed by atoms with Gasteiger partial charge in [-0.2, -0.15) is 0 Å². The van der Waals surface area contributed by atoms with Crippen LogP contribution in [0.25, 0.3) is 0 Å². The summed E-state index contributed by atoms with van der Waals surface area (Å²) in [5, 5.41) is 13.0. The van der Waals surface area contributed by atoms with Crippen LogP contribution in [0.1, 0.15) is 164 Å². The Bertz CT molecular complexity index is 2230. The van der Waals surface area contributed by atoms with Crippen LogP contribution in [0.15, 0.2) is 33.3 Å². The van der Waals surface area contributed by atoms with Gasteiger partial charge in [-0.15, -0.1) is 0 Å². The molecular formula is C66H124Br2O17Si4. The van der Waals surface area contributed by atoms with Crippen molar-refractivity contribution in [1.82, 2.24) is 0 Å². The van der Waals surface area contributed by atoms with E-state index in [0.717, 1.165) is 45.2 Å². The molecule has 0 radical (unpaired) electrons. The van der Waals surface area contributed by atoms with Crippen LogP contribution in [0.4, 0.5) is 0 Å². The molecule has 0 aromatic heterocycles. The maximum atomic E-state index is 13.6. The van der Waals surface area contributed by atoms with Crippen LogP contribution in [-0.2, 0) is 74.7 Å². The molecule has 0 bridgehead atoms. The SMILES string of the molecule is CC[Si](CC)(CC)O[C@H]1[C@H](O[Si](CC)(CC)CC)[C@H](O[C@H](/C=C/C(C)=C/CC[C@H](OC(C)=O)[C@H](C[C@H](O[Si](C)(C)C(C)(C)C)[C@@H](OC(C)=O)[C@]2(O)O[C@H](C[C@H](COC)O[Si](C)(C)C(C)(C)C)[C@H](C)[C@H](OC(C)=O)[C@H]2C)OC)[C@H](C)C=C(Br)Br)O[C@@H](C)[C@@H]1OC. The minimum absolute atomic E-state index is 0.00679. The maximum absolute atomic E-state index is 13.6. The number of hydrogen-bond acceptors (Lipinski definition) is 17. The Kier molecular flexibility index (Phi) is 34.9. The fourth-order valence-electron chi connectivity index (χ4n) is 11.9. The van der Waals surface area contributed by atoms with Gasteiger partial charge >= 0.3 is 17.9 Å². The van der Waals surface area contributed by atoms with Crippen molar-refractivity contribution in [3.05, 3.63) is 33.3 Å². The second-order valence-corrected chi connectivity index (χ2v) is 50.0. The fraction of sp³-hybridized carbons (Fsp3) is 0.864. The Hall–Kier alpha value is -0.982. The van der Waals surface area contributed by atoms with Gasteiger partial charge in [0.2, 0.25) is 5.79 Å². The maximum Gasteiger partial charge on any atom is 0.303 e. The molecule has 1 N–H and O–H groups in total. The Labute approximate surface area is 560 Å². The monoisotopic (exact) mass is 1460 g/mol. The van der Waals surface area contributed by atoms with Crippen molar-refractivity contribution in [2.75, 3.05) is 27.9 Å². The van der Waals surface area contributed by atoms with Crippen molar-refractivity contribution in [3.63, 3.8) is 0 Å². The fourth-order valence-corrected chi connectivity index (χ4v) is 21.1. The van der Waals surface area contributed by atoms with Gasteiger partial charge in [0, 0.05) is 66.8 Å². The van der Waals surface area contributed by atoms with Crippen LogP contribution < -0.4 is 0 Å². The summed E-state index contributed by atoms with van der Waals surface area (Å²) in [5.41, 5.74) is 0.932. The van der Waals surface area contributed by atoms with E-state index in [4.69, 9.17) is 60.3 Å². The van der Waals surface area contributed by atoms with Crippen LogP contribution in [0.5, 0.6) is 0 Å². The first-order valence-corrected chi connectivity index (χ1v) is 45.4. The number of rotatable bonds is 37. The standard InChI is InChI=1S/C66H124Br2O17Si4/c1-28-88(29-2,30-3)84-60-59(75-23)47(11)76-63(61(60)85-89(31-4,32-5)33-6)80-52(44(8)39-57(67)68)38-37-43(7)35-34-36-53(77-48(12)69)55(74-22)41-56(83-87(26,27)65(18,19)20)62(79-50(14)71)66(72)46(10)58(78-49(13)70)45(9)54(81-66)40-51(42-73-21)82-86(24,25)64(15,16)17/h35,37-39,44-47,51-56,58-63,72H,28-34,36,40-42H2,1-27H3/b38-37+,43-35+/t44-,45+,46-,47+,51-,52-,53+,54-,55+,56+,58+,59+,60-,61+,62-,63+,66-/m1/s1. The highest BCUT2D eigenvalue weighted by Crippen LogP contribution is 2.48. The lowest BCUT2D eigenvalue weighted by molar-refractivity contribution is -0.362. The lowest BCUT2D eigenvalue weighted by Gasteiger charge is -2.54. The van der Waals surface area contributed by atoms with E-state index in [1.54, 1.807) is 21.1 Å². The molecule has 17 nitrogen and oxygen atoms in total. The predicted octanol–water partition coefficient (Wildman–Crippen LogP) is 15.8. The lowest BCUT2D eigenvalue weighted by atomic mass is 9.76. The van der Waals surface area contributed by atoms with E-state index < -0.39 is 136 Å². The molecule has 0 saturated carbocycles. The molecule has 17 atom stereocenters. The molecule has 2 fully saturated rings. The zero-order valence-corrected chi connectivity index (χ0v) is 67.2. The highest BCUT2D eigenvalue weighted by atomic mass is 79.9. The molecule has 2 rings (SSSR count). The zero-order valence-electron chi connectivity index (χ0n) is 60.1. The van der Waals surface area contributed by atoms with E-state index in [0.29, 0.717) is 12.8 Å². The molecule has 2 saturated heterocycles. The summed E-state index contributed by atoms with van der Waals surface area (Å²) in [4.78, 5) is 39.7. The molecule has 2 aliphatic heterocycles. The van der Waals surface area contributed by atoms with Crippen LogP contribution >= 0.6 is 31.9 Å². The average Bonchev–Trinajstić information content (AvgIpc) is 0.768. The number of carbonyl (C=O) groups is 3. The molecule has 0 aliphatic carbocycles. The highest BCUT2D eigenvalue weighted by molar-refractivity contribution is 9.28. The van der Waals surface area contributed by atoms with Gasteiger partial charge in [0.15, 0.2) is 45.7 Å². The van der Waals surface area contributed by atoms with Gasteiger partial charge in [0.05, 0.1) is 52.5 Å². The van der Waals surface area contributed by atoms with Crippen molar-refractivity contribution in [2.24, 2.45) is 17.8 Å². The molecule has 520 valence electrons. The quantitative estimate of drug-likeness (QED) is 0.0267. The van der Waals surface area contributed by atoms with E-state index in [1.807, 2.05) is 26.8 Å². The summed E-state index contributed by atoms with van der Waals surface area (Å²) in [6, 6.07) is 5.73. The Morgan fingerprint density at radius 1 is 0.697 bits per heavy atom. The van der Waals surface area contributed by atoms with Gasteiger partial charge in [-0.1, -0.05) is 134 Å². The first kappa shape index (κ1) is 84.1. The third-order valence-electron chi connectivity index (χ3n) is 20.1. The van der Waals surface area contributed by atoms with Crippen LogP contribution in [0.2, 0.25) is 72.5 Å². The number of methoxy groups -OCH3 is 3. The molecule has 2 heterocycles. The predicted molar refractivity (Wildman–Crippen MR) is 372 cm³/mol. The van der Waals surface area contributed by atoms with Crippen molar-refractivity contribution >= 4 is 83.0 Å². The van der Waals surface area contributed by atoms with Crippen molar-refractivity contribution in [2.45, 2.75) is 322 Å².